The number of nitrogens with one attached hydrogen (secondary N) is 3. The molecule has 12 nitrogen and oxygen atoms in total. The zero-order valence-electron chi connectivity index (χ0n) is 24.8. The third-order valence-electron chi connectivity index (χ3n) is 6.55. The summed E-state index contributed by atoms with van der Waals surface area (Å²) in [4.78, 5) is 24.6. The summed E-state index contributed by atoms with van der Waals surface area (Å²) < 4.78 is 23.3. The van der Waals surface area contributed by atoms with E-state index in [-0.39, 0.29) is 12.2 Å². The number of rotatable bonds is 13. The molecule has 4 rings (SSSR count). The fourth-order valence-electron chi connectivity index (χ4n) is 4.40. The van der Waals surface area contributed by atoms with Crippen LogP contribution in [0.4, 0.5) is 4.79 Å². The van der Waals surface area contributed by atoms with Crippen LogP contribution in [0.5, 0.6) is 17.2 Å². The van der Waals surface area contributed by atoms with E-state index < -0.39 is 24.3 Å². The predicted molar refractivity (Wildman–Crippen MR) is 169 cm³/mol. The number of nitriles is 1. The molecular formula is C32H32BrN5O7. The Morgan fingerprint density at radius 1 is 1.11 bits per heavy atom. The molecule has 3 aromatic rings. The van der Waals surface area contributed by atoms with Gasteiger partial charge in [-0.1, -0.05) is 34.1 Å². The average Bonchev–Trinajstić information content (AvgIpc) is 3.03. The van der Waals surface area contributed by atoms with Crippen LogP contribution in [0.25, 0.3) is 0 Å². The van der Waals surface area contributed by atoms with Crippen molar-refractivity contribution in [1.82, 2.24) is 16.1 Å². The van der Waals surface area contributed by atoms with Gasteiger partial charge in [-0.3, -0.25) is 5.43 Å². The van der Waals surface area contributed by atoms with E-state index in [0.29, 0.717) is 52.8 Å². The first-order valence-corrected chi connectivity index (χ1v) is 14.7. The van der Waals surface area contributed by atoms with Gasteiger partial charge in [0.1, 0.15) is 19.0 Å². The van der Waals surface area contributed by atoms with Crippen LogP contribution in [0.1, 0.15) is 42.1 Å². The van der Waals surface area contributed by atoms with Gasteiger partial charge in [0.25, 0.3) is 0 Å². The lowest BCUT2D eigenvalue weighted by atomic mass is 9.95. The van der Waals surface area contributed by atoms with E-state index in [1.165, 1.54) is 13.3 Å². The fraction of sp³-hybridized carbons (Fsp3) is 0.250. The lowest BCUT2D eigenvalue weighted by molar-refractivity contribution is -0.136. The fourth-order valence-corrected chi connectivity index (χ4v) is 4.78. The molecule has 4 N–H and O–H groups in total. The molecule has 0 fully saturated rings. The minimum absolute atomic E-state index is 0.173. The van der Waals surface area contributed by atoms with E-state index in [9.17, 15) is 14.7 Å². The minimum Gasteiger partial charge on any atom is -0.490 e. The highest BCUT2D eigenvalue weighted by Gasteiger charge is 2.32. The Labute approximate surface area is 268 Å². The molecule has 3 aromatic carbocycles. The zero-order chi connectivity index (χ0) is 32.3. The largest absolute Gasteiger partial charge is 0.490 e. The molecule has 0 saturated heterocycles. The van der Waals surface area contributed by atoms with Gasteiger partial charge in [-0.2, -0.15) is 10.4 Å². The second-order valence-corrected chi connectivity index (χ2v) is 10.6. The molecule has 2 atom stereocenters. The summed E-state index contributed by atoms with van der Waals surface area (Å²) in [5, 5.41) is 29.0. The van der Waals surface area contributed by atoms with Gasteiger partial charge >= 0.3 is 12.0 Å². The number of allylic oxidation sites excluding steroid dienone is 1. The molecule has 0 spiro atoms. The highest BCUT2D eigenvalue weighted by Crippen LogP contribution is 2.35. The number of nitrogens with zero attached hydrogens (tertiary/aromatic N) is 2. The van der Waals surface area contributed by atoms with Crippen LogP contribution in [0.15, 0.2) is 81.5 Å². The maximum atomic E-state index is 12.5. The van der Waals surface area contributed by atoms with E-state index >= 15 is 0 Å². The molecule has 0 unspecified atom stereocenters. The van der Waals surface area contributed by atoms with Crippen molar-refractivity contribution >= 4 is 34.1 Å². The molecule has 0 aliphatic carbocycles. The average molecular weight is 679 g/mol. The van der Waals surface area contributed by atoms with Crippen LogP contribution in [-0.2, 0) is 16.1 Å². The van der Waals surface area contributed by atoms with Crippen molar-refractivity contribution in [2.24, 2.45) is 5.10 Å². The number of hydrogen-bond donors (Lipinski definition) is 4. The number of hydrogen-bond acceptors (Lipinski definition) is 10. The van der Waals surface area contributed by atoms with E-state index in [4.69, 9.17) is 24.2 Å². The number of aliphatic hydroxyl groups excluding tert-OH is 1. The first kappa shape index (κ1) is 32.8. The summed E-state index contributed by atoms with van der Waals surface area (Å²) in [5.74, 6) is 0.701. The van der Waals surface area contributed by atoms with Crippen LogP contribution in [-0.4, -0.2) is 49.9 Å². The number of carbonyl (C=O) groups is 2. The maximum Gasteiger partial charge on any atom is 0.337 e. The third kappa shape index (κ3) is 8.75. The molecule has 2 amide bonds. The molecule has 1 aliphatic heterocycles. The number of urea groups is 1. The lowest BCUT2D eigenvalue weighted by Gasteiger charge is -2.28. The summed E-state index contributed by atoms with van der Waals surface area (Å²) in [7, 11) is 1.27. The second-order valence-electron chi connectivity index (χ2n) is 9.69. The minimum atomic E-state index is -1.18. The quantitative estimate of drug-likeness (QED) is 0.0887. The summed E-state index contributed by atoms with van der Waals surface area (Å²) >= 11 is 3.45. The monoisotopic (exact) mass is 677 g/mol. The van der Waals surface area contributed by atoms with Crippen molar-refractivity contribution in [1.29, 1.82) is 5.26 Å². The summed E-state index contributed by atoms with van der Waals surface area (Å²) in [6, 6.07) is 18.4. The van der Waals surface area contributed by atoms with Gasteiger partial charge in [-0.15, -0.1) is 0 Å². The molecule has 45 heavy (non-hydrogen) atoms. The molecular weight excluding hydrogens is 646 g/mol. The van der Waals surface area contributed by atoms with Crippen molar-refractivity contribution < 1.29 is 33.6 Å². The molecule has 1 aliphatic rings. The number of ether oxygens (including phenoxy) is 4. The number of carbonyl (C=O) groups excluding carboxylic acids is 2. The zero-order valence-corrected chi connectivity index (χ0v) is 26.4. The van der Waals surface area contributed by atoms with Crippen LogP contribution in [0, 0.1) is 11.3 Å². The molecule has 0 radical (unpaired) electrons. The standard InChI is InChI=1S/C32H32BrN5O7/c1-4-43-27-14-22(30-29(31(40)42-3)19(2)36-32(41)37-30)9-11-26(27)45-18-28(39)38-35-16-23-13-24(33)10-12-25(23)44-17-21-7-5-20(15-34)6-8-21/h5-14,16,28,30,38-39H,4,17-18H2,1-3H3,(H2,36,37,41)/b35-16+/t28-,30+/m1/s1. The number of methoxy groups -OCH3 is 1. The number of halogens is 1. The summed E-state index contributed by atoms with van der Waals surface area (Å²) in [5.41, 5.74) is 5.99. The molecule has 0 bridgehead atoms. The van der Waals surface area contributed by atoms with E-state index in [1.54, 1.807) is 43.3 Å². The van der Waals surface area contributed by atoms with Crippen molar-refractivity contribution in [2.45, 2.75) is 32.7 Å². The van der Waals surface area contributed by atoms with E-state index in [1.807, 2.05) is 31.2 Å². The molecule has 0 aromatic heterocycles. The highest BCUT2D eigenvalue weighted by molar-refractivity contribution is 9.10. The Morgan fingerprint density at radius 3 is 2.58 bits per heavy atom. The summed E-state index contributed by atoms with van der Waals surface area (Å²) in [6.45, 7) is 3.88. The normalized spacial score (nSPS) is 15.0. The van der Waals surface area contributed by atoms with Crippen molar-refractivity contribution in [2.75, 3.05) is 20.3 Å². The first-order valence-electron chi connectivity index (χ1n) is 13.9. The Morgan fingerprint density at radius 2 is 1.87 bits per heavy atom. The smallest absolute Gasteiger partial charge is 0.337 e. The van der Waals surface area contributed by atoms with Gasteiger partial charge in [-0.25, -0.2) is 9.59 Å². The van der Waals surface area contributed by atoms with E-state index in [2.05, 4.69) is 43.2 Å². The second kappa shape index (κ2) is 15.6. The maximum absolute atomic E-state index is 12.5. The van der Waals surface area contributed by atoms with Gasteiger partial charge < -0.3 is 34.7 Å². The van der Waals surface area contributed by atoms with Crippen LogP contribution in [0.2, 0.25) is 0 Å². The Kier molecular flexibility index (Phi) is 11.4. The van der Waals surface area contributed by atoms with Gasteiger partial charge in [0.05, 0.1) is 43.2 Å². The Bertz CT molecular complexity index is 1640. The van der Waals surface area contributed by atoms with Crippen molar-refractivity contribution in [3.63, 3.8) is 0 Å². The third-order valence-corrected chi connectivity index (χ3v) is 7.04. The van der Waals surface area contributed by atoms with E-state index in [0.717, 1.165) is 10.0 Å². The molecule has 13 heteroatoms. The van der Waals surface area contributed by atoms with Gasteiger partial charge in [0, 0.05) is 15.7 Å². The first-order chi connectivity index (χ1) is 21.7. The van der Waals surface area contributed by atoms with Gasteiger partial charge in [-0.05, 0) is 67.4 Å². The van der Waals surface area contributed by atoms with Crippen LogP contribution in [0.3, 0.4) is 0 Å². The molecule has 1 heterocycles. The molecule has 0 saturated carbocycles. The van der Waals surface area contributed by atoms with Gasteiger partial charge in [0.2, 0.25) is 0 Å². The lowest BCUT2D eigenvalue weighted by Crippen LogP contribution is -2.45. The van der Waals surface area contributed by atoms with Crippen LogP contribution >= 0.6 is 15.9 Å². The Balaban J connectivity index is 1.40. The number of amides is 2. The van der Waals surface area contributed by atoms with Crippen LogP contribution < -0.4 is 30.3 Å². The predicted octanol–water partition coefficient (Wildman–Crippen LogP) is 4.42. The summed E-state index contributed by atoms with van der Waals surface area (Å²) in [6.07, 6.45) is 0.343. The topological polar surface area (TPSA) is 164 Å². The number of aliphatic hydroxyl groups is 1. The SMILES string of the molecule is CCOc1cc([C@@H]2NC(=O)NC(C)=C2C(=O)OC)ccc1OC[C@@H](O)N/N=C/c1cc(Br)ccc1OCc1ccc(C#N)cc1. The number of esters is 1. The molecule has 234 valence electrons. The number of hydrazone groups is 1. The number of benzene rings is 3. The van der Waals surface area contributed by atoms with Crippen molar-refractivity contribution in [3.05, 3.63) is 98.7 Å². The highest BCUT2D eigenvalue weighted by atomic mass is 79.9. The van der Waals surface area contributed by atoms with Gasteiger partial charge in [0.15, 0.2) is 17.7 Å². The Hall–Kier alpha value is -5.06. The van der Waals surface area contributed by atoms with Crippen molar-refractivity contribution in [3.8, 4) is 23.3 Å².